The number of amides is 1. The zero-order chi connectivity index (χ0) is 35.2. The summed E-state index contributed by atoms with van der Waals surface area (Å²) in [5, 5.41) is 53.9. The maximum Gasteiger partial charge on any atom is 0.220 e. The Balaban J connectivity index is 2.43. The molecule has 0 radical (unpaired) electrons. The van der Waals surface area contributed by atoms with Crippen LogP contribution in [-0.4, -0.2) is 87.5 Å². The minimum Gasteiger partial charge on any atom is -0.394 e. The molecule has 284 valence electrons. The number of unbranched alkanes of at least 4 members (excludes halogenated alkanes) is 22. The molecule has 9 heteroatoms. The fourth-order valence-electron chi connectivity index (χ4n) is 6.33. The molecule has 0 aromatic heterocycles. The third kappa shape index (κ3) is 21.9. The summed E-state index contributed by atoms with van der Waals surface area (Å²) >= 11 is 0. The van der Waals surface area contributed by atoms with Crippen LogP contribution in [0.2, 0.25) is 0 Å². The summed E-state index contributed by atoms with van der Waals surface area (Å²) in [5.74, 6) is -0.180. The van der Waals surface area contributed by atoms with E-state index in [0.29, 0.717) is 6.42 Å². The van der Waals surface area contributed by atoms with Gasteiger partial charge < -0.3 is 40.3 Å². The van der Waals surface area contributed by atoms with E-state index in [1.54, 1.807) is 6.08 Å². The van der Waals surface area contributed by atoms with Gasteiger partial charge in [-0.1, -0.05) is 161 Å². The molecule has 0 aliphatic carbocycles. The van der Waals surface area contributed by atoms with Gasteiger partial charge in [0.05, 0.1) is 25.4 Å². The number of hydrogen-bond acceptors (Lipinski definition) is 8. The van der Waals surface area contributed by atoms with E-state index in [1.807, 2.05) is 6.08 Å². The number of rotatable bonds is 32. The first-order valence-electron chi connectivity index (χ1n) is 19.9. The summed E-state index contributed by atoms with van der Waals surface area (Å²) in [5.41, 5.74) is 0. The van der Waals surface area contributed by atoms with E-state index in [0.717, 1.165) is 38.5 Å². The number of nitrogens with one attached hydrogen (secondary N) is 1. The summed E-state index contributed by atoms with van der Waals surface area (Å²) in [6, 6.07) is -0.795. The Labute approximate surface area is 293 Å². The van der Waals surface area contributed by atoms with E-state index in [1.165, 1.54) is 116 Å². The van der Waals surface area contributed by atoms with Gasteiger partial charge in [0.2, 0.25) is 5.91 Å². The van der Waals surface area contributed by atoms with Gasteiger partial charge in [0.1, 0.15) is 24.4 Å². The maximum absolute atomic E-state index is 12.8. The monoisotopic (exact) mass is 686 g/mol. The summed E-state index contributed by atoms with van der Waals surface area (Å²) in [7, 11) is 0. The van der Waals surface area contributed by atoms with Crippen LogP contribution in [0.25, 0.3) is 0 Å². The van der Waals surface area contributed by atoms with Crippen LogP contribution in [0, 0.1) is 0 Å². The van der Waals surface area contributed by atoms with Gasteiger partial charge in [-0.2, -0.15) is 0 Å². The number of carbonyl (C=O) groups is 1. The predicted molar refractivity (Wildman–Crippen MR) is 194 cm³/mol. The second kappa shape index (κ2) is 30.7. The number of hydrogen-bond donors (Lipinski definition) is 6. The SMILES string of the molecule is CCCCCCCCCCCCCCC/C=C/C(O)C(COC1OC(CO)C(O)C(O)C1O)NC(=O)CCCCCCCCCCCC. The molecule has 9 nitrogen and oxygen atoms in total. The predicted octanol–water partition coefficient (Wildman–Crippen LogP) is 7.00. The van der Waals surface area contributed by atoms with Gasteiger partial charge in [-0.05, 0) is 19.3 Å². The van der Waals surface area contributed by atoms with E-state index in [4.69, 9.17) is 9.47 Å². The van der Waals surface area contributed by atoms with Gasteiger partial charge in [0.15, 0.2) is 6.29 Å². The lowest BCUT2D eigenvalue weighted by Crippen LogP contribution is -2.60. The summed E-state index contributed by atoms with van der Waals surface area (Å²) < 4.78 is 11.2. The van der Waals surface area contributed by atoms with Crippen LogP contribution < -0.4 is 5.32 Å². The molecule has 0 aromatic rings. The molecule has 0 saturated carbocycles. The van der Waals surface area contributed by atoms with Crippen LogP contribution in [0.4, 0.5) is 0 Å². The Morgan fingerprint density at radius 1 is 0.688 bits per heavy atom. The van der Waals surface area contributed by atoms with Crippen LogP contribution in [-0.2, 0) is 14.3 Å². The highest BCUT2D eigenvalue weighted by Gasteiger charge is 2.44. The topological polar surface area (TPSA) is 149 Å². The second-order valence-electron chi connectivity index (χ2n) is 14.1. The van der Waals surface area contributed by atoms with Crippen molar-refractivity contribution < 1.29 is 39.8 Å². The molecule has 1 aliphatic heterocycles. The molecule has 1 aliphatic rings. The highest BCUT2D eigenvalue weighted by Crippen LogP contribution is 2.22. The van der Waals surface area contributed by atoms with E-state index in [9.17, 15) is 30.3 Å². The normalized spacial score (nSPS) is 22.7. The second-order valence-corrected chi connectivity index (χ2v) is 14.1. The van der Waals surface area contributed by atoms with E-state index >= 15 is 0 Å². The Morgan fingerprint density at radius 3 is 1.62 bits per heavy atom. The number of aliphatic hydroxyl groups is 5. The number of carbonyl (C=O) groups excluding carboxylic acids is 1. The van der Waals surface area contributed by atoms with Crippen LogP contribution in [0.5, 0.6) is 0 Å². The van der Waals surface area contributed by atoms with Gasteiger partial charge in [-0.15, -0.1) is 0 Å². The molecule has 0 bridgehead atoms. The minimum absolute atomic E-state index is 0.180. The Kier molecular flexibility index (Phi) is 28.8. The molecule has 48 heavy (non-hydrogen) atoms. The van der Waals surface area contributed by atoms with Gasteiger partial charge >= 0.3 is 0 Å². The molecule has 6 N–H and O–H groups in total. The average Bonchev–Trinajstić information content (AvgIpc) is 3.08. The molecule has 1 heterocycles. The molecule has 0 spiro atoms. The molecule has 0 aromatic carbocycles. The molecule has 1 rings (SSSR count). The Bertz CT molecular complexity index is 766. The first kappa shape index (κ1) is 45.0. The highest BCUT2D eigenvalue weighted by atomic mass is 16.7. The Morgan fingerprint density at radius 2 is 1.15 bits per heavy atom. The first-order chi connectivity index (χ1) is 23.3. The van der Waals surface area contributed by atoms with Crippen molar-refractivity contribution in [2.24, 2.45) is 0 Å². The van der Waals surface area contributed by atoms with Gasteiger partial charge in [0.25, 0.3) is 0 Å². The molecule has 1 amide bonds. The third-order valence-corrected chi connectivity index (χ3v) is 9.61. The minimum atomic E-state index is -1.56. The van der Waals surface area contributed by atoms with E-state index in [2.05, 4.69) is 19.2 Å². The van der Waals surface area contributed by atoms with Crippen LogP contribution >= 0.6 is 0 Å². The summed E-state index contributed by atoms with van der Waals surface area (Å²) in [4.78, 5) is 12.8. The lowest BCUT2D eigenvalue weighted by molar-refractivity contribution is -0.302. The van der Waals surface area contributed by atoms with Crippen molar-refractivity contribution in [3.05, 3.63) is 12.2 Å². The fraction of sp³-hybridized carbons (Fsp3) is 0.923. The summed E-state index contributed by atoms with van der Waals surface area (Å²) in [6.45, 7) is 3.74. The standard InChI is InChI=1S/C39H75NO8/c1-3-5-7-9-11-13-15-16-17-18-19-20-22-24-26-28-33(42)32(31-47-39-38(46)37(45)36(44)34(30-41)48-39)40-35(43)29-27-25-23-21-14-12-10-8-6-4-2/h26,28,32-34,36-39,41-42,44-46H,3-25,27,29-31H2,1-2H3,(H,40,43)/b28-26+. The Hall–Kier alpha value is -1.07. The highest BCUT2D eigenvalue weighted by molar-refractivity contribution is 5.76. The quantitative estimate of drug-likeness (QED) is 0.0328. The lowest BCUT2D eigenvalue weighted by Gasteiger charge is -2.40. The zero-order valence-electron chi connectivity index (χ0n) is 30.7. The average molecular weight is 686 g/mol. The number of aliphatic hydroxyl groups excluding tert-OH is 5. The maximum atomic E-state index is 12.8. The van der Waals surface area contributed by atoms with Crippen molar-refractivity contribution in [2.75, 3.05) is 13.2 Å². The molecule has 7 unspecified atom stereocenters. The van der Waals surface area contributed by atoms with Crippen LogP contribution in [0.3, 0.4) is 0 Å². The van der Waals surface area contributed by atoms with Crippen molar-refractivity contribution in [3.63, 3.8) is 0 Å². The van der Waals surface area contributed by atoms with E-state index in [-0.39, 0.29) is 12.5 Å². The van der Waals surface area contributed by atoms with Crippen molar-refractivity contribution in [2.45, 2.75) is 217 Å². The third-order valence-electron chi connectivity index (χ3n) is 9.61. The van der Waals surface area contributed by atoms with Gasteiger partial charge in [-0.3, -0.25) is 4.79 Å². The lowest BCUT2D eigenvalue weighted by atomic mass is 9.99. The smallest absolute Gasteiger partial charge is 0.220 e. The number of ether oxygens (including phenoxy) is 2. The van der Waals surface area contributed by atoms with E-state index < -0.39 is 49.5 Å². The van der Waals surface area contributed by atoms with Crippen LogP contribution in [0.15, 0.2) is 12.2 Å². The van der Waals surface area contributed by atoms with Gasteiger partial charge in [0, 0.05) is 6.42 Å². The van der Waals surface area contributed by atoms with Crippen molar-refractivity contribution in [3.8, 4) is 0 Å². The summed E-state index contributed by atoms with van der Waals surface area (Å²) in [6.07, 6.45) is 25.4. The van der Waals surface area contributed by atoms with Crippen molar-refractivity contribution in [1.82, 2.24) is 5.32 Å². The molecular weight excluding hydrogens is 610 g/mol. The molecule has 7 atom stereocenters. The van der Waals surface area contributed by atoms with Gasteiger partial charge in [-0.25, -0.2) is 0 Å². The molecule has 1 saturated heterocycles. The van der Waals surface area contributed by atoms with Crippen molar-refractivity contribution in [1.29, 1.82) is 0 Å². The first-order valence-corrected chi connectivity index (χ1v) is 19.9. The zero-order valence-corrected chi connectivity index (χ0v) is 30.7. The largest absolute Gasteiger partial charge is 0.394 e. The molecular formula is C39H75NO8. The number of allylic oxidation sites excluding steroid dienone is 1. The van der Waals surface area contributed by atoms with Crippen molar-refractivity contribution >= 4 is 5.91 Å². The van der Waals surface area contributed by atoms with Crippen LogP contribution in [0.1, 0.15) is 174 Å². The molecule has 1 fully saturated rings. The fourth-order valence-corrected chi connectivity index (χ4v) is 6.33.